The molecule has 0 unspecified atom stereocenters. The highest BCUT2D eigenvalue weighted by Crippen LogP contribution is 2.35. The first-order valence-electron chi connectivity index (χ1n) is 11.9. The number of para-hydroxylation sites is 1. The van der Waals surface area contributed by atoms with Gasteiger partial charge in [-0.3, -0.25) is 14.4 Å². The number of fused-ring (bicyclic) bond motifs is 1. The predicted molar refractivity (Wildman–Crippen MR) is 131 cm³/mol. The van der Waals surface area contributed by atoms with E-state index < -0.39 is 12.2 Å². The number of anilines is 1. The Kier molecular flexibility index (Phi) is 7.36. The quantitative estimate of drug-likeness (QED) is 0.422. The Labute approximate surface area is 216 Å². The zero-order chi connectivity index (χ0) is 26.1. The number of aromatic nitrogens is 5. The number of hydrogen-bond acceptors (Lipinski definition) is 9. The summed E-state index contributed by atoms with van der Waals surface area (Å²) < 4.78 is 40.6. The Morgan fingerprint density at radius 2 is 1.95 bits per heavy atom. The van der Waals surface area contributed by atoms with Crippen LogP contribution in [0.1, 0.15) is 37.0 Å². The van der Waals surface area contributed by atoms with Gasteiger partial charge < -0.3 is 14.4 Å². The highest BCUT2D eigenvalue weighted by molar-refractivity contribution is 6.27. The van der Waals surface area contributed by atoms with Crippen LogP contribution < -0.4 is 9.64 Å². The average molecular weight is 537 g/mol. The van der Waals surface area contributed by atoms with E-state index in [2.05, 4.69) is 15.0 Å². The molecule has 2 fully saturated rings. The summed E-state index contributed by atoms with van der Waals surface area (Å²) in [6.07, 6.45) is -1.42. The van der Waals surface area contributed by atoms with Gasteiger partial charge in [0.2, 0.25) is 11.9 Å². The number of benzene rings is 1. The number of nitrogens with zero attached hydrogens (tertiary/aromatic N) is 8. The minimum absolute atomic E-state index is 0.0238. The van der Waals surface area contributed by atoms with Crippen LogP contribution in [0.2, 0.25) is 0 Å². The number of imidazole rings is 1. The summed E-state index contributed by atoms with van der Waals surface area (Å²) in [5.41, 5.74) is 0.669. The third-order valence-corrected chi connectivity index (χ3v) is 6.82. The van der Waals surface area contributed by atoms with Crippen molar-refractivity contribution >= 4 is 34.5 Å². The molecule has 0 saturated carbocycles. The molecule has 1 amide bonds. The lowest BCUT2D eigenvalue weighted by atomic mass is 10.2. The minimum atomic E-state index is -2.89. The van der Waals surface area contributed by atoms with E-state index in [0.717, 1.165) is 6.42 Å². The number of methoxy groups -OCH3 is 1. The zero-order valence-electron chi connectivity index (χ0n) is 20.5. The molecular weight excluding hydrogens is 510 g/mol. The smallest absolute Gasteiger partial charge is 0.296 e. The Hall–Kier alpha value is -3.16. The van der Waals surface area contributed by atoms with Gasteiger partial charge in [-0.05, 0) is 25.0 Å². The van der Waals surface area contributed by atoms with Gasteiger partial charge in [0.05, 0.1) is 31.9 Å². The molecule has 5 rings (SSSR count). The van der Waals surface area contributed by atoms with Gasteiger partial charge >= 0.3 is 0 Å². The molecule has 0 radical (unpaired) electrons. The summed E-state index contributed by atoms with van der Waals surface area (Å²) in [6.45, 7) is 2.67. The largest absolute Gasteiger partial charge is 0.494 e. The van der Waals surface area contributed by atoms with E-state index in [1.165, 1.54) is 16.7 Å². The number of hydrogen-bond donors (Lipinski definition) is 0. The second-order valence-electron chi connectivity index (χ2n) is 8.70. The summed E-state index contributed by atoms with van der Waals surface area (Å²) >= 11 is 5.80. The molecule has 2 aliphatic heterocycles. The first-order valence-corrected chi connectivity index (χ1v) is 12.5. The molecule has 3 aromatic rings. The molecule has 1 aromatic carbocycles. The van der Waals surface area contributed by atoms with Gasteiger partial charge in [0.25, 0.3) is 12.3 Å². The van der Waals surface area contributed by atoms with Crippen LogP contribution >= 0.6 is 11.6 Å². The molecule has 2 aromatic heterocycles. The number of hydrazine groups is 1. The van der Waals surface area contributed by atoms with E-state index in [4.69, 9.17) is 26.1 Å². The normalized spacial score (nSPS) is 18.6. The molecule has 4 heterocycles. The first kappa shape index (κ1) is 25.5. The van der Waals surface area contributed by atoms with Crippen LogP contribution in [0.4, 0.5) is 14.7 Å². The Bertz CT molecular complexity index is 1290. The lowest BCUT2D eigenvalue weighted by Gasteiger charge is -2.33. The molecule has 0 bridgehead atoms. The minimum Gasteiger partial charge on any atom is -0.494 e. The molecule has 14 heteroatoms. The van der Waals surface area contributed by atoms with Crippen molar-refractivity contribution in [1.82, 2.24) is 34.5 Å². The molecule has 37 heavy (non-hydrogen) atoms. The second-order valence-corrected chi connectivity index (χ2v) is 8.97. The lowest BCUT2D eigenvalue weighted by molar-refractivity contribution is -0.144. The molecule has 11 nitrogen and oxygen atoms in total. The van der Waals surface area contributed by atoms with Crippen LogP contribution in [0.3, 0.4) is 0 Å². The van der Waals surface area contributed by atoms with Crippen molar-refractivity contribution < 1.29 is 23.0 Å². The van der Waals surface area contributed by atoms with Crippen molar-refractivity contribution in [2.24, 2.45) is 0 Å². The van der Waals surface area contributed by atoms with Crippen LogP contribution in [0.15, 0.2) is 18.2 Å². The van der Waals surface area contributed by atoms with Gasteiger partial charge in [-0.15, -0.1) is 11.6 Å². The molecule has 0 spiro atoms. The van der Waals surface area contributed by atoms with Gasteiger partial charge in [0, 0.05) is 26.7 Å². The van der Waals surface area contributed by atoms with Gasteiger partial charge in [0.1, 0.15) is 17.1 Å². The monoisotopic (exact) mass is 536 g/mol. The van der Waals surface area contributed by atoms with Gasteiger partial charge in [0.15, 0.2) is 11.6 Å². The summed E-state index contributed by atoms with van der Waals surface area (Å²) in [6, 6.07) is 4.67. The predicted octanol–water partition coefficient (Wildman–Crippen LogP) is 2.74. The van der Waals surface area contributed by atoms with E-state index in [-0.39, 0.29) is 29.3 Å². The molecule has 1 atom stereocenters. The van der Waals surface area contributed by atoms with Gasteiger partial charge in [-0.2, -0.15) is 15.0 Å². The van der Waals surface area contributed by atoms with Crippen molar-refractivity contribution in [3.8, 4) is 11.7 Å². The number of rotatable bonds is 7. The van der Waals surface area contributed by atoms with Crippen molar-refractivity contribution in [2.45, 2.75) is 25.3 Å². The maximum absolute atomic E-state index is 14.3. The van der Waals surface area contributed by atoms with E-state index in [9.17, 15) is 13.6 Å². The number of ether oxygens (including phenoxy) is 2. The molecular formula is C23H27ClF2N8O3. The SMILES string of the molecule is COc1cccc2c1nc(C(F)F)n2-c1nc([C@@H]2CCCN2N(C)C(=O)CCl)nc(N2CCOCC2)n1. The summed E-state index contributed by atoms with van der Waals surface area (Å²) in [4.78, 5) is 32.5. The first-order chi connectivity index (χ1) is 17.9. The fraction of sp³-hybridized carbons (Fsp3) is 0.522. The van der Waals surface area contributed by atoms with E-state index in [1.807, 2.05) is 9.91 Å². The van der Waals surface area contributed by atoms with Crippen molar-refractivity contribution in [3.05, 3.63) is 29.8 Å². The van der Waals surface area contributed by atoms with E-state index in [1.54, 1.807) is 25.2 Å². The molecule has 0 N–H and O–H groups in total. The standard InChI is InChI=1S/C23H27ClF2N8O3/c1-31(17(35)13-24)33-8-4-6-15(33)20-28-22(32-9-11-37-12-10-32)30-23(29-20)34-14-5-3-7-16(36-2)18(14)27-21(34)19(25)26/h3,5,7,15,19H,4,6,8-13H2,1-2H3/t15-/m0/s1. The Morgan fingerprint density at radius 1 is 1.19 bits per heavy atom. The van der Waals surface area contributed by atoms with Crippen LogP contribution in [-0.4, -0.2) is 93.3 Å². The van der Waals surface area contributed by atoms with Gasteiger partial charge in [-0.25, -0.2) is 18.8 Å². The topological polar surface area (TPSA) is 102 Å². The number of carbonyl (C=O) groups is 1. The third kappa shape index (κ3) is 4.78. The zero-order valence-corrected chi connectivity index (χ0v) is 21.2. The third-order valence-electron chi connectivity index (χ3n) is 6.60. The molecule has 2 saturated heterocycles. The highest BCUT2D eigenvalue weighted by atomic mass is 35.5. The highest BCUT2D eigenvalue weighted by Gasteiger charge is 2.35. The van der Waals surface area contributed by atoms with Crippen molar-refractivity contribution in [1.29, 1.82) is 0 Å². The van der Waals surface area contributed by atoms with E-state index in [0.29, 0.717) is 62.3 Å². The number of carbonyl (C=O) groups excluding carboxylic acids is 1. The lowest BCUT2D eigenvalue weighted by Crippen LogP contribution is -2.44. The van der Waals surface area contributed by atoms with Crippen LogP contribution in [-0.2, 0) is 9.53 Å². The summed E-state index contributed by atoms with van der Waals surface area (Å²) in [5.74, 6) is 0.197. The maximum Gasteiger partial charge on any atom is 0.296 e. The average Bonchev–Trinajstić information content (AvgIpc) is 3.58. The fourth-order valence-electron chi connectivity index (χ4n) is 4.74. The van der Waals surface area contributed by atoms with Crippen LogP contribution in [0.5, 0.6) is 5.75 Å². The number of alkyl halides is 3. The molecule has 2 aliphatic rings. The second kappa shape index (κ2) is 10.7. The van der Waals surface area contributed by atoms with Crippen molar-refractivity contribution in [3.63, 3.8) is 0 Å². The summed E-state index contributed by atoms with van der Waals surface area (Å²) in [7, 11) is 3.11. The Balaban J connectivity index is 1.68. The van der Waals surface area contributed by atoms with E-state index >= 15 is 0 Å². The van der Waals surface area contributed by atoms with Crippen LogP contribution in [0.25, 0.3) is 17.0 Å². The molecule has 0 aliphatic carbocycles. The van der Waals surface area contributed by atoms with Gasteiger partial charge in [-0.1, -0.05) is 6.07 Å². The number of morpholine rings is 1. The maximum atomic E-state index is 14.3. The number of amides is 1. The number of halogens is 3. The molecule has 198 valence electrons. The summed E-state index contributed by atoms with van der Waals surface area (Å²) in [5, 5.41) is 3.33. The van der Waals surface area contributed by atoms with Crippen molar-refractivity contribution in [2.75, 3.05) is 57.8 Å². The fourth-order valence-corrected chi connectivity index (χ4v) is 4.91. The Morgan fingerprint density at radius 3 is 2.65 bits per heavy atom. The van der Waals surface area contributed by atoms with Crippen LogP contribution in [0, 0.1) is 0 Å².